The standard InChI is InChI=1S/C26H24N2O4.Mn/c1-15-9-19(25(29)23(11-15)31-3)17-5-7-21(27-13-17)22-8-6-18(14-28-22)20-10-16(2)12-24(32-4)26(20)30;/h5-14,29-30H,1-4H3;. The van der Waals surface area contributed by atoms with Crippen LogP contribution in [0.1, 0.15) is 11.1 Å². The van der Waals surface area contributed by atoms with Gasteiger partial charge in [-0.25, -0.2) is 0 Å². The van der Waals surface area contributed by atoms with Gasteiger partial charge in [-0.05, 0) is 61.4 Å². The molecule has 4 aromatic rings. The third-order valence-electron chi connectivity index (χ3n) is 5.29. The van der Waals surface area contributed by atoms with E-state index in [0.717, 1.165) is 22.3 Å². The number of hydrogen-bond acceptors (Lipinski definition) is 6. The van der Waals surface area contributed by atoms with Crippen LogP contribution in [0, 0.1) is 13.8 Å². The Kier molecular flexibility index (Phi) is 7.26. The monoisotopic (exact) mass is 483 g/mol. The molecule has 2 aromatic carbocycles. The number of benzene rings is 2. The van der Waals surface area contributed by atoms with E-state index in [1.54, 1.807) is 24.5 Å². The van der Waals surface area contributed by atoms with E-state index in [0.29, 0.717) is 34.0 Å². The van der Waals surface area contributed by atoms with Gasteiger partial charge in [-0.2, -0.15) is 0 Å². The van der Waals surface area contributed by atoms with Gasteiger partial charge in [-0.1, -0.05) is 12.1 Å². The summed E-state index contributed by atoms with van der Waals surface area (Å²) in [6, 6.07) is 14.9. The molecule has 0 aliphatic carbocycles. The fraction of sp³-hybridized carbons (Fsp3) is 0.154. The number of pyridine rings is 2. The second-order valence-electron chi connectivity index (χ2n) is 7.59. The summed E-state index contributed by atoms with van der Waals surface area (Å²) in [4.78, 5) is 9.06. The third kappa shape index (κ3) is 4.80. The van der Waals surface area contributed by atoms with Crippen LogP contribution in [0.25, 0.3) is 33.6 Å². The zero-order valence-electron chi connectivity index (χ0n) is 18.8. The molecule has 2 heterocycles. The number of hydrogen-bond donors (Lipinski definition) is 2. The van der Waals surface area contributed by atoms with E-state index in [9.17, 15) is 10.2 Å². The molecule has 0 unspecified atom stereocenters. The quantitative estimate of drug-likeness (QED) is 0.364. The van der Waals surface area contributed by atoms with Gasteiger partial charge in [0.05, 0.1) is 25.6 Å². The molecule has 7 heteroatoms. The van der Waals surface area contributed by atoms with Crippen LogP contribution in [0.15, 0.2) is 60.9 Å². The molecule has 0 fully saturated rings. The topological polar surface area (TPSA) is 84.7 Å². The summed E-state index contributed by atoms with van der Waals surface area (Å²) in [5.74, 6) is 1.03. The van der Waals surface area contributed by atoms with Gasteiger partial charge in [0, 0.05) is 51.7 Å². The summed E-state index contributed by atoms with van der Waals surface area (Å²) in [6.45, 7) is 3.89. The predicted molar refractivity (Wildman–Crippen MR) is 124 cm³/mol. The number of aromatic nitrogens is 2. The van der Waals surface area contributed by atoms with Crippen molar-refractivity contribution in [3.05, 3.63) is 72.1 Å². The van der Waals surface area contributed by atoms with Gasteiger partial charge < -0.3 is 19.7 Å². The number of ether oxygens (including phenoxy) is 2. The maximum absolute atomic E-state index is 10.5. The number of nitrogens with zero attached hydrogens (tertiary/aromatic N) is 2. The number of aromatic hydroxyl groups is 2. The summed E-state index contributed by atoms with van der Waals surface area (Å²) in [5, 5.41) is 21.0. The fourth-order valence-electron chi connectivity index (χ4n) is 3.65. The molecular formula is C26H24MnN2O4. The second-order valence-corrected chi connectivity index (χ2v) is 7.59. The van der Waals surface area contributed by atoms with Gasteiger partial charge in [-0.15, -0.1) is 0 Å². The molecule has 0 aliphatic heterocycles. The van der Waals surface area contributed by atoms with Crippen LogP contribution in [0.5, 0.6) is 23.0 Å². The Balaban J connectivity index is 0.00000306. The third-order valence-corrected chi connectivity index (χ3v) is 5.29. The Morgan fingerprint density at radius 3 is 1.33 bits per heavy atom. The Hall–Kier alpha value is -3.54. The summed E-state index contributed by atoms with van der Waals surface area (Å²) in [7, 11) is 3.06. The van der Waals surface area contributed by atoms with Crippen LogP contribution in [0.2, 0.25) is 0 Å². The molecule has 0 aliphatic rings. The summed E-state index contributed by atoms with van der Waals surface area (Å²) in [5.41, 5.74) is 6.24. The summed E-state index contributed by atoms with van der Waals surface area (Å²) < 4.78 is 10.5. The smallest absolute Gasteiger partial charge is 0.165 e. The van der Waals surface area contributed by atoms with Gasteiger partial charge in [0.25, 0.3) is 0 Å². The maximum atomic E-state index is 10.5. The predicted octanol–water partition coefficient (Wildman–Crippen LogP) is 5.52. The molecule has 0 amide bonds. The van der Waals surface area contributed by atoms with E-state index in [1.165, 1.54) is 14.2 Å². The van der Waals surface area contributed by atoms with E-state index in [-0.39, 0.29) is 28.6 Å². The van der Waals surface area contributed by atoms with Crippen molar-refractivity contribution in [2.45, 2.75) is 13.8 Å². The van der Waals surface area contributed by atoms with Crippen molar-refractivity contribution in [1.29, 1.82) is 0 Å². The molecule has 0 spiro atoms. The Morgan fingerprint density at radius 1 is 0.636 bits per heavy atom. The van der Waals surface area contributed by atoms with E-state index >= 15 is 0 Å². The minimum atomic E-state index is 0. The molecule has 33 heavy (non-hydrogen) atoms. The molecule has 2 aromatic heterocycles. The van der Waals surface area contributed by atoms with Crippen LogP contribution < -0.4 is 9.47 Å². The SMILES string of the molecule is COc1cc(C)cc(-c2ccc(-c3ccc(-c4cc(C)cc(OC)c4O)cn3)nc2)c1O.[Mn]. The molecule has 169 valence electrons. The minimum absolute atomic E-state index is 0. The van der Waals surface area contributed by atoms with E-state index < -0.39 is 0 Å². The number of rotatable bonds is 5. The molecule has 2 N–H and O–H groups in total. The van der Waals surface area contributed by atoms with Crippen molar-refractivity contribution in [3.63, 3.8) is 0 Å². The Labute approximate surface area is 203 Å². The molecule has 6 nitrogen and oxygen atoms in total. The van der Waals surface area contributed by atoms with Crippen molar-refractivity contribution in [1.82, 2.24) is 9.97 Å². The Morgan fingerprint density at radius 2 is 1.03 bits per heavy atom. The van der Waals surface area contributed by atoms with Crippen LogP contribution in [0.3, 0.4) is 0 Å². The molecule has 0 saturated carbocycles. The van der Waals surface area contributed by atoms with Crippen LogP contribution in [-0.2, 0) is 17.1 Å². The fourth-order valence-corrected chi connectivity index (χ4v) is 3.65. The largest absolute Gasteiger partial charge is 0.504 e. The average Bonchev–Trinajstić information content (AvgIpc) is 2.81. The van der Waals surface area contributed by atoms with Crippen molar-refractivity contribution in [2.75, 3.05) is 14.2 Å². The number of methoxy groups -OCH3 is 2. The van der Waals surface area contributed by atoms with Crippen molar-refractivity contribution in [3.8, 4) is 56.6 Å². The van der Waals surface area contributed by atoms with E-state index in [2.05, 4.69) is 9.97 Å². The van der Waals surface area contributed by atoms with Crippen LogP contribution in [0.4, 0.5) is 0 Å². The minimum Gasteiger partial charge on any atom is -0.504 e. The van der Waals surface area contributed by atoms with Gasteiger partial charge in [-0.3, -0.25) is 9.97 Å². The molecule has 0 atom stereocenters. The normalized spacial score (nSPS) is 10.4. The molecule has 1 radical (unpaired) electrons. The number of aryl methyl sites for hydroxylation is 2. The first kappa shape index (κ1) is 24.1. The van der Waals surface area contributed by atoms with Gasteiger partial charge in [0.15, 0.2) is 23.0 Å². The van der Waals surface area contributed by atoms with Crippen molar-refractivity contribution < 1.29 is 36.8 Å². The number of phenolic OH excluding ortho intramolecular Hbond substituents is 2. The van der Waals surface area contributed by atoms with E-state index in [4.69, 9.17) is 9.47 Å². The number of phenols is 2. The summed E-state index contributed by atoms with van der Waals surface area (Å²) in [6.07, 6.45) is 3.41. The van der Waals surface area contributed by atoms with Crippen molar-refractivity contribution >= 4 is 0 Å². The first-order chi connectivity index (χ1) is 15.4. The molecule has 0 bridgehead atoms. The molecule has 0 saturated heterocycles. The summed E-state index contributed by atoms with van der Waals surface area (Å²) >= 11 is 0. The second kappa shape index (κ2) is 9.94. The van der Waals surface area contributed by atoms with Gasteiger partial charge >= 0.3 is 0 Å². The van der Waals surface area contributed by atoms with Crippen LogP contribution in [-0.4, -0.2) is 34.4 Å². The maximum Gasteiger partial charge on any atom is 0.165 e. The zero-order chi connectivity index (χ0) is 22.8. The zero-order valence-corrected chi connectivity index (χ0v) is 19.9. The van der Waals surface area contributed by atoms with Gasteiger partial charge in [0.2, 0.25) is 0 Å². The van der Waals surface area contributed by atoms with Crippen molar-refractivity contribution in [2.24, 2.45) is 0 Å². The average molecular weight is 483 g/mol. The van der Waals surface area contributed by atoms with E-state index in [1.807, 2.05) is 50.2 Å². The Bertz CT molecular complexity index is 1170. The molecule has 4 rings (SSSR count). The first-order valence-corrected chi connectivity index (χ1v) is 10.1. The first-order valence-electron chi connectivity index (χ1n) is 10.1. The molecular weight excluding hydrogens is 459 g/mol. The van der Waals surface area contributed by atoms with Crippen LogP contribution >= 0.6 is 0 Å². The van der Waals surface area contributed by atoms with Gasteiger partial charge in [0.1, 0.15) is 0 Å².